The van der Waals surface area contributed by atoms with Gasteiger partial charge in [-0.05, 0) is 57.5 Å². The zero-order valence-electron chi connectivity index (χ0n) is 15.6. The molecule has 0 spiro atoms. The van der Waals surface area contributed by atoms with Crippen LogP contribution in [0.5, 0.6) is 0 Å². The lowest BCUT2D eigenvalue weighted by molar-refractivity contribution is 0.200. The molecule has 1 saturated heterocycles. The van der Waals surface area contributed by atoms with Crippen molar-refractivity contribution in [3.05, 3.63) is 41.3 Å². The molecule has 2 aromatic rings. The van der Waals surface area contributed by atoms with Crippen LogP contribution in [0.15, 0.2) is 22.9 Å². The molecule has 25 heavy (non-hydrogen) atoms. The summed E-state index contributed by atoms with van der Waals surface area (Å²) < 4.78 is 5.08. The molecule has 6 nitrogen and oxygen atoms in total. The van der Waals surface area contributed by atoms with Crippen molar-refractivity contribution in [2.45, 2.75) is 58.7 Å². The van der Waals surface area contributed by atoms with E-state index in [1.165, 1.54) is 24.8 Å². The normalized spacial score (nSPS) is 19.3. The molecule has 0 aromatic carbocycles. The largest absolute Gasteiger partial charge is 0.340 e. The molecular weight excluding hydrogens is 314 g/mol. The Bertz CT molecular complexity index is 654. The average Bonchev–Trinajstić information content (AvgIpc) is 2.88. The van der Waals surface area contributed by atoms with Gasteiger partial charge in [-0.3, -0.25) is 14.8 Å². The molecule has 1 atom stereocenters. The molecule has 0 aliphatic carbocycles. The Kier molecular flexibility index (Phi) is 6.15. The SMILES string of the molecule is CCc1ccc(CN2CCCC(N(C)Cc3noc(C)n3)CC2)cn1. The molecule has 1 aliphatic heterocycles. The number of likely N-dealkylation sites (tertiary alicyclic amines) is 1. The lowest BCUT2D eigenvalue weighted by atomic mass is 10.1. The van der Waals surface area contributed by atoms with Crippen LogP contribution in [0.1, 0.15) is 49.2 Å². The van der Waals surface area contributed by atoms with Crippen molar-refractivity contribution in [1.29, 1.82) is 0 Å². The van der Waals surface area contributed by atoms with Crippen LogP contribution >= 0.6 is 0 Å². The number of rotatable bonds is 6. The summed E-state index contributed by atoms with van der Waals surface area (Å²) in [4.78, 5) is 13.8. The fourth-order valence-corrected chi connectivity index (χ4v) is 3.51. The van der Waals surface area contributed by atoms with E-state index < -0.39 is 0 Å². The van der Waals surface area contributed by atoms with E-state index in [1.807, 2.05) is 13.1 Å². The average molecular weight is 343 g/mol. The molecule has 2 aromatic heterocycles. The van der Waals surface area contributed by atoms with Gasteiger partial charge in [0, 0.05) is 31.4 Å². The molecule has 0 bridgehead atoms. The molecule has 3 heterocycles. The first-order chi connectivity index (χ1) is 12.1. The quantitative estimate of drug-likeness (QED) is 0.804. The van der Waals surface area contributed by atoms with Gasteiger partial charge in [0.1, 0.15) is 0 Å². The lowest BCUT2D eigenvalue weighted by Crippen LogP contribution is -2.33. The molecule has 136 valence electrons. The van der Waals surface area contributed by atoms with E-state index >= 15 is 0 Å². The van der Waals surface area contributed by atoms with Crippen molar-refractivity contribution in [2.75, 3.05) is 20.1 Å². The van der Waals surface area contributed by atoms with Crippen LogP contribution in [0.25, 0.3) is 0 Å². The minimum Gasteiger partial charge on any atom is -0.340 e. The number of hydrogen-bond acceptors (Lipinski definition) is 6. The van der Waals surface area contributed by atoms with Gasteiger partial charge in [0.25, 0.3) is 0 Å². The zero-order valence-corrected chi connectivity index (χ0v) is 15.6. The van der Waals surface area contributed by atoms with Crippen molar-refractivity contribution >= 4 is 0 Å². The third-order valence-corrected chi connectivity index (χ3v) is 5.03. The van der Waals surface area contributed by atoms with Crippen LogP contribution in [0, 0.1) is 6.92 Å². The zero-order chi connectivity index (χ0) is 17.6. The Labute approximate surface area is 150 Å². The summed E-state index contributed by atoms with van der Waals surface area (Å²) in [6.45, 7) is 8.00. The second kappa shape index (κ2) is 8.54. The molecule has 0 N–H and O–H groups in total. The van der Waals surface area contributed by atoms with E-state index in [9.17, 15) is 0 Å². The van der Waals surface area contributed by atoms with Gasteiger partial charge in [-0.1, -0.05) is 18.1 Å². The molecular formula is C19H29N5O. The molecule has 1 fully saturated rings. The third-order valence-electron chi connectivity index (χ3n) is 5.03. The monoisotopic (exact) mass is 343 g/mol. The summed E-state index contributed by atoms with van der Waals surface area (Å²) in [5.41, 5.74) is 2.48. The number of aryl methyl sites for hydroxylation is 2. The highest BCUT2D eigenvalue weighted by molar-refractivity contribution is 5.14. The second-order valence-electron chi connectivity index (χ2n) is 7.02. The van der Waals surface area contributed by atoms with Crippen LogP contribution in [-0.4, -0.2) is 51.1 Å². The Morgan fingerprint density at radius 1 is 1.28 bits per heavy atom. The number of hydrogen-bond donors (Lipinski definition) is 0. The smallest absolute Gasteiger partial charge is 0.223 e. The highest BCUT2D eigenvalue weighted by Gasteiger charge is 2.21. The predicted octanol–water partition coefficient (Wildman–Crippen LogP) is 2.82. The highest BCUT2D eigenvalue weighted by atomic mass is 16.5. The van der Waals surface area contributed by atoms with Gasteiger partial charge < -0.3 is 4.52 Å². The maximum atomic E-state index is 5.08. The van der Waals surface area contributed by atoms with Crippen molar-refractivity contribution in [3.63, 3.8) is 0 Å². The van der Waals surface area contributed by atoms with E-state index in [1.54, 1.807) is 0 Å². The number of nitrogens with zero attached hydrogens (tertiary/aromatic N) is 5. The van der Waals surface area contributed by atoms with Gasteiger partial charge in [0.05, 0.1) is 6.54 Å². The second-order valence-corrected chi connectivity index (χ2v) is 7.02. The van der Waals surface area contributed by atoms with E-state index in [4.69, 9.17) is 4.52 Å². The molecule has 0 radical (unpaired) electrons. The topological polar surface area (TPSA) is 58.3 Å². The van der Waals surface area contributed by atoms with Gasteiger partial charge >= 0.3 is 0 Å². The Balaban J connectivity index is 1.50. The first-order valence-corrected chi connectivity index (χ1v) is 9.29. The van der Waals surface area contributed by atoms with E-state index in [0.29, 0.717) is 11.9 Å². The molecule has 3 rings (SSSR count). The molecule has 1 aliphatic rings. The minimum atomic E-state index is 0.574. The Morgan fingerprint density at radius 3 is 2.84 bits per heavy atom. The summed E-state index contributed by atoms with van der Waals surface area (Å²) >= 11 is 0. The minimum absolute atomic E-state index is 0.574. The third kappa shape index (κ3) is 5.09. The summed E-state index contributed by atoms with van der Waals surface area (Å²) in [6, 6.07) is 4.94. The van der Waals surface area contributed by atoms with Crippen molar-refractivity contribution in [2.24, 2.45) is 0 Å². The van der Waals surface area contributed by atoms with Crippen LogP contribution in [0.4, 0.5) is 0 Å². The van der Waals surface area contributed by atoms with Crippen LogP contribution in [0.2, 0.25) is 0 Å². The fourth-order valence-electron chi connectivity index (χ4n) is 3.51. The van der Waals surface area contributed by atoms with Crippen LogP contribution in [-0.2, 0) is 19.5 Å². The van der Waals surface area contributed by atoms with Gasteiger partial charge in [0.2, 0.25) is 5.89 Å². The summed E-state index contributed by atoms with van der Waals surface area (Å²) in [5, 5.41) is 4.01. The van der Waals surface area contributed by atoms with Crippen LogP contribution < -0.4 is 0 Å². The lowest BCUT2D eigenvalue weighted by Gasteiger charge is -2.26. The molecule has 6 heteroatoms. The van der Waals surface area contributed by atoms with Gasteiger partial charge in [0.15, 0.2) is 5.82 Å². The molecule has 0 saturated carbocycles. The Hall–Kier alpha value is -1.79. The van der Waals surface area contributed by atoms with Gasteiger partial charge in [-0.2, -0.15) is 4.98 Å². The van der Waals surface area contributed by atoms with Crippen molar-refractivity contribution < 1.29 is 4.52 Å². The maximum absolute atomic E-state index is 5.08. The van der Waals surface area contributed by atoms with E-state index in [2.05, 4.69) is 51.0 Å². The first kappa shape index (κ1) is 18.0. The van der Waals surface area contributed by atoms with Gasteiger partial charge in [-0.25, -0.2) is 0 Å². The van der Waals surface area contributed by atoms with Gasteiger partial charge in [-0.15, -0.1) is 0 Å². The fraction of sp³-hybridized carbons (Fsp3) is 0.632. The predicted molar refractivity (Wildman–Crippen MR) is 97.0 cm³/mol. The standard InChI is InChI=1S/C19H29N5O/c1-4-17-8-7-16(12-20-17)13-24-10-5-6-18(9-11-24)23(3)14-19-21-15(2)25-22-19/h7-8,12,18H,4-6,9-11,13-14H2,1-3H3. The van der Waals surface area contributed by atoms with Crippen molar-refractivity contribution in [1.82, 2.24) is 24.9 Å². The highest BCUT2D eigenvalue weighted by Crippen LogP contribution is 2.19. The maximum Gasteiger partial charge on any atom is 0.223 e. The molecule has 0 amide bonds. The van der Waals surface area contributed by atoms with E-state index in [0.717, 1.165) is 44.1 Å². The number of aromatic nitrogens is 3. The number of pyridine rings is 1. The first-order valence-electron chi connectivity index (χ1n) is 9.29. The summed E-state index contributed by atoms with van der Waals surface area (Å²) in [6.07, 6.45) is 6.65. The van der Waals surface area contributed by atoms with E-state index in [-0.39, 0.29) is 0 Å². The summed E-state index contributed by atoms with van der Waals surface area (Å²) in [7, 11) is 2.17. The van der Waals surface area contributed by atoms with Crippen LogP contribution in [0.3, 0.4) is 0 Å². The summed E-state index contributed by atoms with van der Waals surface area (Å²) in [5.74, 6) is 1.42. The Morgan fingerprint density at radius 2 is 2.16 bits per heavy atom. The van der Waals surface area contributed by atoms with Crippen molar-refractivity contribution in [3.8, 4) is 0 Å². The molecule has 1 unspecified atom stereocenters.